The van der Waals surface area contributed by atoms with Gasteiger partial charge in [-0.05, 0) is 50.1 Å². The van der Waals surface area contributed by atoms with Crippen LogP contribution in [-0.2, 0) is 13.0 Å². The number of aromatic nitrogens is 1. The number of nitrogens with zero attached hydrogens (tertiary/aromatic N) is 1. The molecule has 1 N–H and O–H groups in total. The minimum Gasteiger partial charge on any atom is -0.312 e. The average Bonchev–Trinajstić information content (AvgIpc) is 2.71. The van der Waals surface area contributed by atoms with Crippen LogP contribution < -0.4 is 5.32 Å². The Hall–Kier alpha value is -0.980. The molecule has 2 heterocycles. The van der Waals surface area contributed by atoms with Crippen LogP contribution >= 0.6 is 31.9 Å². The standard InChI is InChI=1S/C14H11Br2FN2O/c15-12-10-7-18-5-4-11(10)19(13(12)16)14(20)8-2-1-3-9(17)6-8/h1-3,6,18H,4-5,7H2. The van der Waals surface area contributed by atoms with E-state index in [2.05, 4.69) is 37.2 Å². The number of hydrogen-bond acceptors (Lipinski definition) is 2. The molecule has 1 aliphatic heterocycles. The first kappa shape index (κ1) is 14.0. The molecule has 0 fully saturated rings. The Bertz CT molecular complexity index is 697. The maximum Gasteiger partial charge on any atom is 0.263 e. The van der Waals surface area contributed by atoms with Crippen LogP contribution in [0.1, 0.15) is 21.6 Å². The summed E-state index contributed by atoms with van der Waals surface area (Å²) in [6.07, 6.45) is 0.764. The van der Waals surface area contributed by atoms with Crippen molar-refractivity contribution in [3.05, 3.63) is 56.0 Å². The highest BCUT2D eigenvalue weighted by molar-refractivity contribution is 9.13. The predicted molar refractivity (Wildman–Crippen MR) is 81.4 cm³/mol. The Kier molecular flexibility index (Phi) is 3.79. The Labute approximate surface area is 132 Å². The van der Waals surface area contributed by atoms with E-state index in [1.54, 1.807) is 16.7 Å². The van der Waals surface area contributed by atoms with Crippen molar-refractivity contribution in [1.29, 1.82) is 0 Å². The summed E-state index contributed by atoms with van der Waals surface area (Å²) in [6.45, 7) is 1.55. The number of hydrogen-bond donors (Lipinski definition) is 1. The van der Waals surface area contributed by atoms with E-state index in [1.807, 2.05) is 0 Å². The Morgan fingerprint density at radius 1 is 1.35 bits per heavy atom. The normalized spacial score (nSPS) is 14.2. The van der Waals surface area contributed by atoms with Gasteiger partial charge >= 0.3 is 0 Å². The summed E-state index contributed by atoms with van der Waals surface area (Å²) >= 11 is 6.96. The van der Waals surface area contributed by atoms with Gasteiger partial charge in [-0.15, -0.1) is 0 Å². The van der Waals surface area contributed by atoms with E-state index >= 15 is 0 Å². The van der Waals surface area contributed by atoms with Crippen LogP contribution in [0.25, 0.3) is 0 Å². The molecule has 2 aromatic rings. The van der Waals surface area contributed by atoms with E-state index < -0.39 is 5.82 Å². The summed E-state index contributed by atoms with van der Waals surface area (Å²) in [4.78, 5) is 12.6. The van der Waals surface area contributed by atoms with Gasteiger partial charge in [-0.1, -0.05) is 6.07 Å². The molecule has 0 aliphatic carbocycles. The zero-order valence-electron chi connectivity index (χ0n) is 10.4. The molecule has 1 aromatic carbocycles. The molecule has 20 heavy (non-hydrogen) atoms. The third-order valence-electron chi connectivity index (χ3n) is 3.38. The van der Waals surface area contributed by atoms with Crippen molar-refractivity contribution >= 4 is 37.8 Å². The topological polar surface area (TPSA) is 34.0 Å². The van der Waals surface area contributed by atoms with E-state index in [0.717, 1.165) is 35.2 Å². The maximum absolute atomic E-state index is 13.3. The van der Waals surface area contributed by atoms with Crippen molar-refractivity contribution in [2.45, 2.75) is 13.0 Å². The van der Waals surface area contributed by atoms with Crippen LogP contribution in [0.2, 0.25) is 0 Å². The second kappa shape index (κ2) is 5.42. The number of fused-ring (bicyclic) bond motifs is 1. The fourth-order valence-electron chi connectivity index (χ4n) is 2.43. The largest absolute Gasteiger partial charge is 0.312 e. The molecular weight excluding hydrogens is 391 g/mol. The van der Waals surface area contributed by atoms with Crippen molar-refractivity contribution in [2.75, 3.05) is 6.54 Å². The van der Waals surface area contributed by atoms with Crippen molar-refractivity contribution < 1.29 is 9.18 Å². The van der Waals surface area contributed by atoms with Crippen LogP contribution in [0.15, 0.2) is 33.3 Å². The molecular formula is C14H11Br2FN2O. The van der Waals surface area contributed by atoms with Gasteiger partial charge in [0.2, 0.25) is 0 Å². The molecule has 0 spiro atoms. The molecule has 0 radical (unpaired) electrons. The lowest BCUT2D eigenvalue weighted by Gasteiger charge is -2.16. The predicted octanol–water partition coefficient (Wildman–Crippen LogP) is 3.49. The Morgan fingerprint density at radius 2 is 2.15 bits per heavy atom. The summed E-state index contributed by atoms with van der Waals surface area (Å²) in [5, 5.41) is 3.27. The molecule has 0 unspecified atom stereocenters. The van der Waals surface area contributed by atoms with Crippen LogP contribution in [0.5, 0.6) is 0 Å². The fraction of sp³-hybridized carbons (Fsp3) is 0.214. The fourth-order valence-corrected chi connectivity index (χ4v) is 3.59. The lowest BCUT2D eigenvalue weighted by molar-refractivity contribution is 0.0954. The minimum atomic E-state index is -0.409. The first-order chi connectivity index (χ1) is 9.59. The molecule has 3 rings (SSSR count). The van der Waals surface area contributed by atoms with E-state index in [-0.39, 0.29) is 5.91 Å². The van der Waals surface area contributed by atoms with Crippen LogP contribution in [-0.4, -0.2) is 17.0 Å². The molecule has 0 bridgehead atoms. The van der Waals surface area contributed by atoms with Gasteiger partial charge in [-0.2, -0.15) is 0 Å². The van der Waals surface area contributed by atoms with Gasteiger partial charge in [-0.3, -0.25) is 9.36 Å². The molecule has 6 heteroatoms. The van der Waals surface area contributed by atoms with Crippen molar-refractivity contribution in [1.82, 2.24) is 9.88 Å². The van der Waals surface area contributed by atoms with E-state index in [9.17, 15) is 9.18 Å². The zero-order chi connectivity index (χ0) is 14.3. The number of nitrogens with one attached hydrogen (secondary N) is 1. The van der Waals surface area contributed by atoms with Crippen LogP contribution in [0, 0.1) is 5.82 Å². The molecule has 1 aliphatic rings. The van der Waals surface area contributed by atoms with E-state index in [4.69, 9.17) is 0 Å². The van der Waals surface area contributed by atoms with Crippen molar-refractivity contribution in [2.24, 2.45) is 0 Å². The van der Waals surface area contributed by atoms with E-state index in [0.29, 0.717) is 10.2 Å². The highest BCUT2D eigenvalue weighted by atomic mass is 79.9. The van der Waals surface area contributed by atoms with Crippen molar-refractivity contribution in [3.63, 3.8) is 0 Å². The summed E-state index contributed by atoms with van der Waals surface area (Å²) in [5.74, 6) is -0.631. The van der Waals surface area contributed by atoms with Gasteiger partial charge in [0.1, 0.15) is 10.4 Å². The zero-order valence-corrected chi connectivity index (χ0v) is 13.6. The van der Waals surface area contributed by atoms with E-state index in [1.165, 1.54) is 12.1 Å². The third kappa shape index (κ3) is 2.25. The number of rotatable bonds is 1. The lowest BCUT2D eigenvalue weighted by Crippen LogP contribution is -2.26. The molecule has 0 saturated heterocycles. The first-order valence-corrected chi connectivity index (χ1v) is 7.76. The lowest BCUT2D eigenvalue weighted by atomic mass is 10.1. The minimum absolute atomic E-state index is 0.222. The maximum atomic E-state index is 13.3. The molecule has 104 valence electrons. The average molecular weight is 402 g/mol. The van der Waals surface area contributed by atoms with Crippen molar-refractivity contribution in [3.8, 4) is 0 Å². The molecule has 0 saturated carbocycles. The Morgan fingerprint density at radius 3 is 2.90 bits per heavy atom. The van der Waals surface area contributed by atoms with Gasteiger partial charge in [0.15, 0.2) is 0 Å². The van der Waals surface area contributed by atoms with Gasteiger partial charge in [0.05, 0.1) is 4.47 Å². The summed E-state index contributed by atoms with van der Waals surface area (Å²) in [6, 6.07) is 5.76. The number of carbonyl (C=O) groups excluding carboxylic acids is 1. The third-order valence-corrected chi connectivity index (χ3v) is 5.51. The molecule has 3 nitrogen and oxygen atoms in total. The second-order valence-corrected chi connectivity index (χ2v) is 6.15. The SMILES string of the molecule is O=C(c1cccc(F)c1)n1c(Br)c(Br)c2c1CCNC2. The quantitative estimate of drug-likeness (QED) is 0.793. The van der Waals surface area contributed by atoms with Gasteiger partial charge < -0.3 is 5.32 Å². The molecule has 0 amide bonds. The Balaban J connectivity index is 2.13. The summed E-state index contributed by atoms with van der Waals surface area (Å²) < 4.78 is 16.5. The van der Waals surface area contributed by atoms with Crippen LogP contribution in [0.4, 0.5) is 4.39 Å². The van der Waals surface area contributed by atoms with Gasteiger partial charge in [0, 0.05) is 36.3 Å². The monoisotopic (exact) mass is 400 g/mol. The highest BCUT2D eigenvalue weighted by Crippen LogP contribution is 2.35. The number of carbonyl (C=O) groups is 1. The number of benzene rings is 1. The number of halogens is 3. The highest BCUT2D eigenvalue weighted by Gasteiger charge is 2.26. The summed E-state index contributed by atoms with van der Waals surface area (Å²) in [7, 11) is 0. The first-order valence-electron chi connectivity index (χ1n) is 6.18. The van der Waals surface area contributed by atoms with Gasteiger partial charge in [0.25, 0.3) is 5.91 Å². The van der Waals surface area contributed by atoms with Crippen LogP contribution in [0.3, 0.4) is 0 Å². The smallest absolute Gasteiger partial charge is 0.263 e. The second-order valence-electron chi connectivity index (χ2n) is 4.61. The summed E-state index contributed by atoms with van der Waals surface area (Å²) in [5.41, 5.74) is 2.39. The van der Waals surface area contributed by atoms with Gasteiger partial charge in [-0.25, -0.2) is 4.39 Å². The molecule has 0 atom stereocenters. The molecule has 1 aromatic heterocycles.